The van der Waals surface area contributed by atoms with Crippen molar-refractivity contribution in [2.75, 3.05) is 24.6 Å². The summed E-state index contributed by atoms with van der Waals surface area (Å²) >= 11 is 0. The Labute approximate surface area is 112 Å². The Morgan fingerprint density at radius 3 is 2.89 bits per heavy atom. The lowest BCUT2D eigenvalue weighted by Crippen LogP contribution is -2.32. The van der Waals surface area contributed by atoms with Gasteiger partial charge in [0, 0.05) is 19.2 Å². The number of carboxylic acids is 1. The Bertz CT molecular complexity index is 492. The van der Waals surface area contributed by atoms with Gasteiger partial charge in [0.15, 0.2) is 0 Å². The van der Waals surface area contributed by atoms with Crippen molar-refractivity contribution in [1.29, 1.82) is 0 Å². The molecule has 1 saturated heterocycles. The van der Waals surface area contributed by atoms with E-state index in [1.807, 2.05) is 11.8 Å². The molecule has 0 bridgehead atoms. The fraction of sp³-hybridized carbons (Fsp3) is 0.615. The molecule has 19 heavy (non-hydrogen) atoms. The average molecular weight is 265 g/mol. The number of aliphatic carboxylic acids is 1. The zero-order valence-corrected chi connectivity index (χ0v) is 11.5. The van der Waals surface area contributed by atoms with Crippen molar-refractivity contribution in [3.05, 3.63) is 11.9 Å². The molecule has 1 aliphatic heterocycles. The van der Waals surface area contributed by atoms with Gasteiger partial charge in [-0.15, -0.1) is 0 Å². The van der Waals surface area contributed by atoms with Crippen LogP contribution < -0.4 is 9.64 Å². The molecule has 0 amide bonds. The van der Waals surface area contributed by atoms with Gasteiger partial charge in [-0.05, 0) is 27.2 Å². The molecule has 1 N–H and O–H groups in total. The van der Waals surface area contributed by atoms with E-state index in [9.17, 15) is 9.90 Å². The molecule has 1 fully saturated rings. The number of hydrogen-bond donors (Lipinski definition) is 1. The van der Waals surface area contributed by atoms with Crippen molar-refractivity contribution in [3.63, 3.8) is 0 Å². The average Bonchev–Trinajstić information content (AvgIpc) is 2.73. The van der Waals surface area contributed by atoms with E-state index in [2.05, 4.69) is 9.97 Å². The predicted octanol–water partition coefficient (Wildman–Crippen LogP) is 1.48. The second kappa shape index (κ2) is 5.03. The number of aromatic nitrogens is 2. The molecule has 1 aromatic heterocycles. The standard InChI is InChI=1S/C13H19N3O3/c1-4-19-11-7-10(14-9(2)15-11)16-6-5-13(3,8-16)12(17)18/h7H,4-6,8H2,1-3H3,(H,17,18). The van der Waals surface area contributed by atoms with Crippen LogP contribution in [0, 0.1) is 12.3 Å². The number of carboxylic acid groups (broad SMARTS) is 1. The lowest BCUT2D eigenvalue weighted by atomic mass is 9.90. The minimum absolute atomic E-state index is 0.463. The molecule has 0 saturated carbocycles. The molecular formula is C13H19N3O3. The molecule has 104 valence electrons. The second-order valence-corrected chi connectivity index (χ2v) is 5.08. The van der Waals surface area contributed by atoms with Crippen LogP contribution in [0.5, 0.6) is 5.88 Å². The molecule has 2 rings (SSSR count). The van der Waals surface area contributed by atoms with E-state index < -0.39 is 11.4 Å². The minimum Gasteiger partial charge on any atom is -0.481 e. The number of carbonyl (C=O) groups is 1. The molecule has 1 unspecified atom stereocenters. The Kier molecular flexibility index (Phi) is 3.59. The number of aryl methyl sites for hydroxylation is 1. The third kappa shape index (κ3) is 2.77. The van der Waals surface area contributed by atoms with E-state index in [0.29, 0.717) is 37.8 Å². The summed E-state index contributed by atoms with van der Waals surface area (Å²) in [7, 11) is 0. The molecule has 1 atom stereocenters. The molecule has 1 aromatic rings. The van der Waals surface area contributed by atoms with Gasteiger partial charge in [-0.25, -0.2) is 4.98 Å². The van der Waals surface area contributed by atoms with Crippen LogP contribution in [0.1, 0.15) is 26.1 Å². The molecule has 0 aliphatic carbocycles. The van der Waals surface area contributed by atoms with Gasteiger partial charge in [0.1, 0.15) is 11.6 Å². The predicted molar refractivity (Wildman–Crippen MR) is 70.5 cm³/mol. The maximum Gasteiger partial charge on any atom is 0.311 e. The third-order valence-electron chi connectivity index (χ3n) is 3.41. The topological polar surface area (TPSA) is 75.5 Å². The number of ether oxygens (including phenoxy) is 1. The Morgan fingerprint density at radius 1 is 1.58 bits per heavy atom. The summed E-state index contributed by atoms with van der Waals surface area (Å²) in [6, 6.07) is 1.77. The first-order valence-corrected chi connectivity index (χ1v) is 6.41. The Balaban J connectivity index is 2.21. The van der Waals surface area contributed by atoms with Crippen molar-refractivity contribution < 1.29 is 14.6 Å². The van der Waals surface area contributed by atoms with Crippen molar-refractivity contribution >= 4 is 11.8 Å². The van der Waals surface area contributed by atoms with E-state index in [4.69, 9.17) is 4.74 Å². The number of rotatable bonds is 4. The van der Waals surface area contributed by atoms with Gasteiger partial charge in [0.2, 0.25) is 5.88 Å². The van der Waals surface area contributed by atoms with Gasteiger partial charge in [0.05, 0.1) is 12.0 Å². The summed E-state index contributed by atoms with van der Waals surface area (Å²) in [4.78, 5) is 21.8. The zero-order valence-electron chi connectivity index (χ0n) is 11.5. The van der Waals surface area contributed by atoms with Gasteiger partial charge in [-0.2, -0.15) is 4.98 Å². The van der Waals surface area contributed by atoms with Gasteiger partial charge >= 0.3 is 5.97 Å². The van der Waals surface area contributed by atoms with Gasteiger partial charge < -0.3 is 14.7 Å². The van der Waals surface area contributed by atoms with Crippen molar-refractivity contribution in [2.45, 2.75) is 27.2 Å². The van der Waals surface area contributed by atoms with Crippen LogP contribution in [0.4, 0.5) is 5.82 Å². The van der Waals surface area contributed by atoms with Crippen LogP contribution in [0.15, 0.2) is 6.07 Å². The molecule has 1 aliphatic rings. The van der Waals surface area contributed by atoms with Crippen LogP contribution in [0.3, 0.4) is 0 Å². The molecule has 6 heteroatoms. The highest BCUT2D eigenvalue weighted by atomic mass is 16.5. The lowest BCUT2D eigenvalue weighted by molar-refractivity contribution is -0.146. The SMILES string of the molecule is CCOc1cc(N2CCC(C)(C(=O)O)C2)nc(C)n1. The van der Waals surface area contributed by atoms with E-state index in [0.717, 1.165) is 5.82 Å². The monoisotopic (exact) mass is 265 g/mol. The second-order valence-electron chi connectivity index (χ2n) is 5.08. The van der Waals surface area contributed by atoms with E-state index >= 15 is 0 Å². The van der Waals surface area contributed by atoms with Crippen LogP contribution in [-0.2, 0) is 4.79 Å². The number of nitrogens with zero attached hydrogens (tertiary/aromatic N) is 3. The molecule has 0 aromatic carbocycles. The molecule has 6 nitrogen and oxygen atoms in total. The lowest BCUT2D eigenvalue weighted by Gasteiger charge is -2.21. The summed E-state index contributed by atoms with van der Waals surface area (Å²) in [6.45, 7) is 7.16. The molecular weight excluding hydrogens is 246 g/mol. The van der Waals surface area contributed by atoms with Crippen LogP contribution in [-0.4, -0.2) is 40.7 Å². The van der Waals surface area contributed by atoms with Gasteiger partial charge in [-0.1, -0.05) is 0 Å². The van der Waals surface area contributed by atoms with E-state index in [-0.39, 0.29) is 0 Å². The smallest absolute Gasteiger partial charge is 0.311 e. The van der Waals surface area contributed by atoms with E-state index in [1.54, 1.807) is 19.9 Å². The normalized spacial score (nSPS) is 22.6. The van der Waals surface area contributed by atoms with Crippen molar-refractivity contribution in [2.24, 2.45) is 5.41 Å². The summed E-state index contributed by atoms with van der Waals surface area (Å²) in [6.07, 6.45) is 0.620. The summed E-state index contributed by atoms with van der Waals surface area (Å²) in [5.41, 5.74) is -0.704. The highest BCUT2D eigenvalue weighted by Crippen LogP contribution is 2.33. The quantitative estimate of drug-likeness (QED) is 0.888. The highest BCUT2D eigenvalue weighted by Gasteiger charge is 2.41. The first-order chi connectivity index (χ1) is 8.94. The minimum atomic E-state index is -0.759. The summed E-state index contributed by atoms with van der Waals surface area (Å²) < 4.78 is 5.39. The number of anilines is 1. The first kappa shape index (κ1) is 13.6. The van der Waals surface area contributed by atoms with Crippen molar-refractivity contribution in [3.8, 4) is 5.88 Å². The summed E-state index contributed by atoms with van der Waals surface area (Å²) in [5, 5.41) is 9.25. The molecule has 0 radical (unpaired) electrons. The maximum atomic E-state index is 11.3. The fourth-order valence-electron chi connectivity index (χ4n) is 2.24. The Hall–Kier alpha value is -1.85. The van der Waals surface area contributed by atoms with Gasteiger partial charge in [-0.3, -0.25) is 4.79 Å². The van der Waals surface area contributed by atoms with Crippen LogP contribution in [0.2, 0.25) is 0 Å². The third-order valence-corrected chi connectivity index (χ3v) is 3.41. The highest BCUT2D eigenvalue weighted by molar-refractivity contribution is 5.76. The largest absolute Gasteiger partial charge is 0.481 e. The van der Waals surface area contributed by atoms with Gasteiger partial charge in [0.25, 0.3) is 0 Å². The first-order valence-electron chi connectivity index (χ1n) is 6.41. The zero-order chi connectivity index (χ0) is 14.0. The van der Waals surface area contributed by atoms with Crippen LogP contribution in [0.25, 0.3) is 0 Å². The molecule has 2 heterocycles. The van der Waals surface area contributed by atoms with Crippen molar-refractivity contribution in [1.82, 2.24) is 9.97 Å². The number of hydrogen-bond acceptors (Lipinski definition) is 5. The fourth-order valence-corrected chi connectivity index (χ4v) is 2.24. The maximum absolute atomic E-state index is 11.3. The van der Waals surface area contributed by atoms with Crippen LogP contribution >= 0.6 is 0 Å². The van der Waals surface area contributed by atoms with E-state index in [1.165, 1.54) is 0 Å². The molecule has 0 spiro atoms. The summed E-state index contributed by atoms with van der Waals surface area (Å²) in [5.74, 6) is 1.14. The Morgan fingerprint density at radius 2 is 2.32 bits per heavy atom.